The van der Waals surface area contributed by atoms with E-state index in [-0.39, 0.29) is 0 Å². The Kier molecular flexibility index (Phi) is 35.6. The van der Waals surface area contributed by atoms with Gasteiger partial charge in [-0.15, -0.1) is 0 Å². The molecule has 0 atom stereocenters. The van der Waals surface area contributed by atoms with Crippen LogP contribution in [0.2, 0.25) is 0 Å². The average molecular weight is 312 g/mol. The van der Waals surface area contributed by atoms with E-state index in [9.17, 15) is 0 Å². The molecule has 0 aliphatic carbocycles. The van der Waals surface area contributed by atoms with E-state index in [2.05, 4.69) is 16.4 Å². The second kappa shape index (κ2) is 26.9. The Bertz CT molecular complexity index is 192. The van der Waals surface area contributed by atoms with Gasteiger partial charge in [-0.05, 0) is 34.1 Å². The van der Waals surface area contributed by atoms with Gasteiger partial charge in [0.25, 0.3) is 0 Å². The van der Waals surface area contributed by atoms with Crippen LogP contribution in [0.4, 0.5) is 9.59 Å². The Morgan fingerprint density at radius 3 is 1.38 bits per heavy atom. The molecule has 0 aromatic carbocycles. The first-order valence-electron chi connectivity index (χ1n) is 6.54. The molecule has 0 bridgehead atoms. The lowest BCUT2D eigenvalue weighted by atomic mass is 10.2. The Labute approximate surface area is 127 Å². The van der Waals surface area contributed by atoms with Gasteiger partial charge in [0.2, 0.25) is 0 Å². The first-order chi connectivity index (χ1) is 9.69. The molecule has 0 unspecified atom stereocenters. The highest BCUT2D eigenvalue weighted by molar-refractivity contribution is 5.56. The summed E-state index contributed by atoms with van der Waals surface area (Å²) in [7, 11) is 8.20. The molecular formula is C13H32N2O6. The molecule has 0 amide bonds. The number of hydrogen-bond acceptors (Lipinski definition) is 6. The molecule has 0 aliphatic rings. The third kappa shape index (κ3) is 120. The van der Waals surface area contributed by atoms with Crippen LogP contribution in [0.25, 0.3) is 0 Å². The average Bonchev–Trinajstić information content (AvgIpc) is 2.40. The zero-order valence-corrected chi connectivity index (χ0v) is 14.1. The molecule has 0 saturated heterocycles. The van der Waals surface area contributed by atoms with Crippen molar-refractivity contribution in [2.24, 2.45) is 5.73 Å². The minimum atomic E-state index is -1.25. The van der Waals surface area contributed by atoms with Crippen LogP contribution < -0.4 is 5.73 Å². The Balaban J connectivity index is -0.0000000939. The van der Waals surface area contributed by atoms with Crippen molar-refractivity contribution in [3.63, 3.8) is 0 Å². The van der Waals surface area contributed by atoms with Gasteiger partial charge < -0.3 is 30.3 Å². The van der Waals surface area contributed by atoms with E-state index in [1.165, 1.54) is 25.7 Å². The maximum Gasteiger partial charge on any atom is 0.505 e. The third-order valence-electron chi connectivity index (χ3n) is 1.41. The van der Waals surface area contributed by atoms with Gasteiger partial charge in [0, 0.05) is 0 Å². The molecule has 130 valence electrons. The van der Waals surface area contributed by atoms with Gasteiger partial charge in [0.05, 0.1) is 14.2 Å². The molecule has 0 fully saturated rings. The topological polar surface area (TPSA) is 122 Å². The standard InChI is InChI=1S/C6H15N.C3H9N.2C2H4O3/c1-2-3-4-5-6-7;1-4(2)3;2*1-5-2(3)4/h2-7H2,1H3;1-3H3;2*1H3,(H,3,4). The zero-order chi connectivity index (χ0) is 17.7. The van der Waals surface area contributed by atoms with E-state index in [1.54, 1.807) is 0 Å². The minimum absolute atomic E-state index is 0.861. The number of rotatable bonds is 4. The summed E-state index contributed by atoms with van der Waals surface area (Å²) in [5, 5.41) is 15.0. The summed E-state index contributed by atoms with van der Waals surface area (Å²) in [4.78, 5) is 20.3. The number of hydrogen-bond donors (Lipinski definition) is 3. The van der Waals surface area contributed by atoms with E-state index in [0.717, 1.165) is 20.8 Å². The largest absolute Gasteiger partial charge is 0.505 e. The summed E-state index contributed by atoms with van der Waals surface area (Å²) >= 11 is 0. The van der Waals surface area contributed by atoms with Gasteiger partial charge in [-0.3, -0.25) is 0 Å². The van der Waals surface area contributed by atoms with Crippen molar-refractivity contribution in [1.29, 1.82) is 0 Å². The lowest BCUT2D eigenvalue weighted by Crippen LogP contribution is -1.99. The molecule has 8 nitrogen and oxygen atoms in total. The molecule has 4 N–H and O–H groups in total. The predicted molar refractivity (Wildman–Crippen MR) is 82.9 cm³/mol. The summed E-state index contributed by atoms with van der Waals surface area (Å²) in [6.07, 6.45) is 2.67. The maximum atomic E-state index is 9.15. The number of methoxy groups -OCH3 is 2. The van der Waals surface area contributed by atoms with Crippen LogP contribution in [0.5, 0.6) is 0 Å². The summed E-state index contributed by atoms with van der Waals surface area (Å²) < 4.78 is 7.33. The summed E-state index contributed by atoms with van der Waals surface area (Å²) in [6, 6.07) is 0. The predicted octanol–water partition coefficient (Wildman–Crippen LogP) is 2.32. The third-order valence-corrected chi connectivity index (χ3v) is 1.41. The fourth-order valence-corrected chi connectivity index (χ4v) is 0.571. The number of nitrogens with zero attached hydrogens (tertiary/aromatic N) is 1. The van der Waals surface area contributed by atoms with Crippen molar-refractivity contribution in [2.45, 2.75) is 32.6 Å². The van der Waals surface area contributed by atoms with Gasteiger partial charge in [-0.25, -0.2) is 9.59 Å². The van der Waals surface area contributed by atoms with Crippen LogP contribution in [0, 0.1) is 0 Å². The monoisotopic (exact) mass is 312 g/mol. The van der Waals surface area contributed by atoms with Crippen LogP contribution in [0.3, 0.4) is 0 Å². The van der Waals surface area contributed by atoms with Gasteiger partial charge >= 0.3 is 12.3 Å². The van der Waals surface area contributed by atoms with E-state index >= 15 is 0 Å². The molecule has 0 saturated carbocycles. The normalized spacial score (nSPS) is 8.00. The lowest BCUT2D eigenvalue weighted by Gasteiger charge is -1.90. The molecule has 8 heteroatoms. The van der Waals surface area contributed by atoms with Crippen molar-refractivity contribution in [2.75, 3.05) is 41.9 Å². The van der Waals surface area contributed by atoms with Crippen molar-refractivity contribution in [3.8, 4) is 0 Å². The highest BCUT2D eigenvalue weighted by Crippen LogP contribution is 1.95. The van der Waals surface area contributed by atoms with Gasteiger partial charge in [0.1, 0.15) is 0 Å². The molecule has 0 aromatic rings. The van der Waals surface area contributed by atoms with Crippen LogP contribution in [0.1, 0.15) is 32.6 Å². The number of carboxylic acid groups (broad SMARTS) is 2. The van der Waals surface area contributed by atoms with Crippen molar-refractivity contribution in [1.82, 2.24) is 4.90 Å². The molecule has 0 aliphatic heterocycles. The molecule has 0 heterocycles. The van der Waals surface area contributed by atoms with Gasteiger partial charge in [-0.1, -0.05) is 26.2 Å². The summed E-state index contributed by atoms with van der Waals surface area (Å²) in [5.74, 6) is 0. The summed E-state index contributed by atoms with van der Waals surface area (Å²) in [5.41, 5.74) is 5.27. The fraction of sp³-hybridized carbons (Fsp3) is 0.846. The lowest BCUT2D eigenvalue weighted by molar-refractivity contribution is 0.112. The number of unbranched alkanes of at least 4 members (excludes halogenated alkanes) is 3. The molecular weight excluding hydrogens is 280 g/mol. The minimum Gasteiger partial charge on any atom is -0.450 e. The SMILES string of the molecule is CCCCCCN.CN(C)C.COC(=O)O.COC(=O)O. The van der Waals surface area contributed by atoms with Crippen molar-refractivity contribution in [3.05, 3.63) is 0 Å². The van der Waals surface area contributed by atoms with Gasteiger partial charge in [-0.2, -0.15) is 0 Å². The van der Waals surface area contributed by atoms with Crippen LogP contribution in [-0.2, 0) is 9.47 Å². The van der Waals surface area contributed by atoms with E-state index in [1.807, 2.05) is 26.0 Å². The number of ether oxygens (including phenoxy) is 2. The van der Waals surface area contributed by atoms with E-state index in [4.69, 9.17) is 25.5 Å². The van der Waals surface area contributed by atoms with Crippen LogP contribution >= 0.6 is 0 Å². The van der Waals surface area contributed by atoms with E-state index in [0.29, 0.717) is 0 Å². The Morgan fingerprint density at radius 1 is 0.952 bits per heavy atom. The maximum absolute atomic E-state index is 9.15. The first kappa shape index (κ1) is 27.7. The number of carbonyl (C=O) groups is 2. The zero-order valence-electron chi connectivity index (χ0n) is 14.1. The van der Waals surface area contributed by atoms with Crippen molar-refractivity contribution >= 4 is 12.3 Å². The molecule has 21 heavy (non-hydrogen) atoms. The fourth-order valence-electron chi connectivity index (χ4n) is 0.571. The molecule has 0 aromatic heterocycles. The molecule has 0 spiro atoms. The van der Waals surface area contributed by atoms with Crippen LogP contribution in [0.15, 0.2) is 0 Å². The Morgan fingerprint density at radius 2 is 1.24 bits per heavy atom. The second-order valence-corrected chi connectivity index (χ2v) is 4.13. The van der Waals surface area contributed by atoms with Crippen molar-refractivity contribution < 1.29 is 29.3 Å². The summed E-state index contributed by atoms with van der Waals surface area (Å²) in [6.45, 7) is 3.07. The Hall–Kier alpha value is -1.54. The van der Waals surface area contributed by atoms with Crippen LogP contribution in [-0.4, -0.2) is 69.3 Å². The van der Waals surface area contributed by atoms with E-state index < -0.39 is 12.3 Å². The second-order valence-electron chi connectivity index (χ2n) is 4.13. The highest BCUT2D eigenvalue weighted by Gasteiger charge is 1.81. The quantitative estimate of drug-likeness (QED) is 0.534. The molecule has 0 radical (unpaired) electrons. The highest BCUT2D eigenvalue weighted by atomic mass is 16.7. The molecule has 0 rings (SSSR count). The number of nitrogens with two attached hydrogens (primary N) is 1. The smallest absolute Gasteiger partial charge is 0.450 e. The van der Waals surface area contributed by atoms with Gasteiger partial charge in [0.15, 0.2) is 0 Å². The first-order valence-corrected chi connectivity index (χ1v) is 6.54.